The molecule has 0 aliphatic rings. The molecule has 0 bridgehead atoms. The van der Waals surface area contributed by atoms with Crippen LogP contribution < -0.4 is 0 Å². The molecule has 0 amide bonds. The van der Waals surface area contributed by atoms with Crippen LogP contribution in [-0.4, -0.2) is 0 Å². The number of hydrogen-bond acceptors (Lipinski definition) is 0. The molecule has 0 aromatic heterocycles. The second kappa shape index (κ2) is 4.99. The smallest absolute Gasteiger partial charge is 0.123 e. The predicted octanol–water partition coefficient (Wildman–Crippen LogP) is 4.81. The van der Waals surface area contributed by atoms with Gasteiger partial charge in [-0.15, -0.1) is 11.6 Å². The van der Waals surface area contributed by atoms with Gasteiger partial charge in [0.1, 0.15) is 5.82 Å². The highest BCUT2D eigenvalue weighted by atomic mass is 35.5. The molecule has 1 rings (SSSR count). The molecule has 0 saturated heterocycles. The van der Waals surface area contributed by atoms with Gasteiger partial charge in [0.25, 0.3) is 0 Å². The molecule has 2 atom stereocenters. The lowest BCUT2D eigenvalue weighted by molar-refractivity contribution is 0.538. The highest BCUT2D eigenvalue weighted by molar-refractivity contribution is 6.32. The molecule has 1 aromatic carbocycles. The van der Waals surface area contributed by atoms with Gasteiger partial charge in [-0.2, -0.15) is 0 Å². The average Bonchev–Trinajstić information content (AvgIpc) is 2.19. The fourth-order valence-electron chi connectivity index (χ4n) is 1.24. The highest BCUT2D eigenvalue weighted by Gasteiger charge is 2.18. The maximum atomic E-state index is 13.0. The van der Waals surface area contributed by atoms with Gasteiger partial charge in [0, 0.05) is 5.02 Å². The van der Waals surface area contributed by atoms with Crippen LogP contribution in [0.1, 0.15) is 31.2 Å². The zero-order valence-corrected chi connectivity index (χ0v) is 9.74. The minimum Gasteiger partial charge on any atom is -0.207 e. The largest absolute Gasteiger partial charge is 0.207 e. The molecule has 2 unspecified atom stereocenters. The molecule has 0 nitrogen and oxygen atoms in total. The third kappa shape index (κ3) is 2.61. The lowest BCUT2D eigenvalue weighted by Crippen LogP contribution is -2.03. The molecule has 0 radical (unpaired) electrons. The van der Waals surface area contributed by atoms with E-state index in [1.165, 1.54) is 12.1 Å². The summed E-state index contributed by atoms with van der Waals surface area (Å²) in [5, 5.41) is 0.315. The first-order chi connectivity index (χ1) is 6.56. The first-order valence-electron chi connectivity index (χ1n) is 4.65. The minimum absolute atomic E-state index is 0.219. The molecule has 3 heteroatoms. The lowest BCUT2D eigenvalue weighted by Gasteiger charge is -2.17. The molecule has 0 saturated carbocycles. The summed E-state index contributed by atoms with van der Waals surface area (Å²) in [6.45, 7) is 4.08. The van der Waals surface area contributed by atoms with Gasteiger partial charge in [0.15, 0.2) is 0 Å². The summed E-state index contributed by atoms with van der Waals surface area (Å²) in [5.41, 5.74) is 0.683. The van der Waals surface area contributed by atoms with Crippen LogP contribution in [0.4, 0.5) is 4.39 Å². The van der Waals surface area contributed by atoms with Gasteiger partial charge in [0.05, 0.1) is 5.38 Å². The number of halogens is 3. The van der Waals surface area contributed by atoms with Gasteiger partial charge in [-0.3, -0.25) is 0 Å². The van der Waals surface area contributed by atoms with Crippen LogP contribution in [0.5, 0.6) is 0 Å². The predicted molar refractivity (Wildman–Crippen MR) is 59.5 cm³/mol. The van der Waals surface area contributed by atoms with Crippen LogP contribution in [0.15, 0.2) is 18.2 Å². The van der Waals surface area contributed by atoms with Crippen LogP contribution in [0.2, 0.25) is 5.02 Å². The van der Waals surface area contributed by atoms with Crippen LogP contribution >= 0.6 is 23.2 Å². The molecule has 78 valence electrons. The Kier molecular flexibility index (Phi) is 4.21. The molecule has 1 aromatic rings. The Balaban J connectivity index is 2.99. The standard InChI is InChI=1S/C11H13Cl2F/c1-3-7(2)11(13)9-6-8(14)4-5-10(9)12/h4-7,11H,3H2,1-2H3. The normalized spacial score (nSPS) is 15.2. The average molecular weight is 235 g/mol. The zero-order valence-electron chi connectivity index (χ0n) is 8.23. The maximum absolute atomic E-state index is 13.0. The molecule has 0 aliphatic heterocycles. The lowest BCUT2D eigenvalue weighted by atomic mass is 9.98. The monoisotopic (exact) mass is 234 g/mol. The number of benzene rings is 1. The van der Waals surface area contributed by atoms with E-state index in [2.05, 4.69) is 0 Å². The van der Waals surface area contributed by atoms with Gasteiger partial charge < -0.3 is 0 Å². The van der Waals surface area contributed by atoms with Gasteiger partial charge in [-0.1, -0.05) is 31.9 Å². The van der Waals surface area contributed by atoms with Crippen molar-refractivity contribution in [1.29, 1.82) is 0 Å². The Bertz CT molecular complexity index is 312. The second-order valence-corrected chi connectivity index (χ2v) is 4.33. The Hall–Kier alpha value is -0.270. The second-order valence-electron chi connectivity index (χ2n) is 3.45. The summed E-state index contributed by atoms with van der Waals surface area (Å²) >= 11 is 12.1. The zero-order chi connectivity index (χ0) is 10.7. The molecule has 0 aliphatic carbocycles. The molecular weight excluding hydrogens is 222 g/mol. The molecule has 0 N–H and O–H groups in total. The van der Waals surface area contributed by atoms with E-state index >= 15 is 0 Å². The van der Waals surface area contributed by atoms with Gasteiger partial charge in [-0.05, 0) is 29.7 Å². The first-order valence-corrected chi connectivity index (χ1v) is 5.46. The van der Waals surface area contributed by atoms with Gasteiger partial charge in [-0.25, -0.2) is 4.39 Å². The SMILES string of the molecule is CCC(C)C(Cl)c1cc(F)ccc1Cl. The molecular formula is C11H13Cl2F. The highest BCUT2D eigenvalue weighted by Crippen LogP contribution is 2.35. The summed E-state index contributed by atoms with van der Waals surface area (Å²) in [4.78, 5) is 0. The Morgan fingerprint density at radius 1 is 1.43 bits per heavy atom. The van der Waals surface area contributed by atoms with Crippen molar-refractivity contribution in [2.75, 3.05) is 0 Å². The maximum Gasteiger partial charge on any atom is 0.123 e. The van der Waals surface area contributed by atoms with Crippen molar-refractivity contribution in [3.05, 3.63) is 34.6 Å². The van der Waals surface area contributed by atoms with E-state index in [1.54, 1.807) is 6.07 Å². The number of hydrogen-bond donors (Lipinski definition) is 0. The van der Waals surface area contributed by atoms with E-state index in [4.69, 9.17) is 23.2 Å². The number of alkyl halides is 1. The third-order valence-electron chi connectivity index (χ3n) is 2.40. The van der Waals surface area contributed by atoms with E-state index in [0.29, 0.717) is 10.6 Å². The first kappa shape index (κ1) is 11.8. The van der Waals surface area contributed by atoms with E-state index in [-0.39, 0.29) is 17.1 Å². The van der Waals surface area contributed by atoms with Gasteiger partial charge in [0.2, 0.25) is 0 Å². The van der Waals surface area contributed by atoms with Crippen LogP contribution in [0.3, 0.4) is 0 Å². The van der Waals surface area contributed by atoms with Crippen molar-refractivity contribution in [1.82, 2.24) is 0 Å². The summed E-state index contributed by atoms with van der Waals surface area (Å²) in [6.07, 6.45) is 0.945. The minimum atomic E-state index is -0.293. The summed E-state index contributed by atoms with van der Waals surface area (Å²) in [6, 6.07) is 4.29. The van der Waals surface area contributed by atoms with Crippen LogP contribution in [0, 0.1) is 11.7 Å². The molecule has 14 heavy (non-hydrogen) atoms. The summed E-state index contributed by atoms with van der Waals surface area (Å²) in [7, 11) is 0. The van der Waals surface area contributed by atoms with Crippen molar-refractivity contribution in [3.63, 3.8) is 0 Å². The topological polar surface area (TPSA) is 0 Å². The number of rotatable bonds is 3. The van der Waals surface area contributed by atoms with E-state index in [1.807, 2.05) is 13.8 Å². The van der Waals surface area contributed by atoms with Crippen molar-refractivity contribution >= 4 is 23.2 Å². The van der Waals surface area contributed by atoms with Crippen LogP contribution in [0.25, 0.3) is 0 Å². The molecule has 0 spiro atoms. The van der Waals surface area contributed by atoms with E-state index in [9.17, 15) is 4.39 Å². The Morgan fingerprint density at radius 3 is 2.64 bits per heavy atom. The third-order valence-corrected chi connectivity index (χ3v) is 3.41. The quantitative estimate of drug-likeness (QED) is 0.660. The molecule has 0 heterocycles. The summed E-state index contributed by atoms with van der Waals surface area (Å²) in [5.74, 6) is -0.00526. The van der Waals surface area contributed by atoms with Crippen molar-refractivity contribution in [3.8, 4) is 0 Å². The molecule has 0 fully saturated rings. The van der Waals surface area contributed by atoms with Crippen molar-refractivity contribution in [2.24, 2.45) is 5.92 Å². The van der Waals surface area contributed by atoms with Crippen molar-refractivity contribution in [2.45, 2.75) is 25.6 Å². The Morgan fingerprint density at radius 2 is 2.07 bits per heavy atom. The summed E-state index contributed by atoms with van der Waals surface area (Å²) < 4.78 is 13.0. The van der Waals surface area contributed by atoms with E-state index in [0.717, 1.165) is 6.42 Å². The van der Waals surface area contributed by atoms with Gasteiger partial charge >= 0.3 is 0 Å². The Labute approximate surface area is 94.0 Å². The fourth-order valence-corrected chi connectivity index (χ4v) is 1.89. The van der Waals surface area contributed by atoms with Crippen LogP contribution in [-0.2, 0) is 0 Å². The van der Waals surface area contributed by atoms with E-state index < -0.39 is 0 Å². The fraction of sp³-hybridized carbons (Fsp3) is 0.455. The van der Waals surface area contributed by atoms with Crippen molar-refractivity contribution < 1.29 is 4.39 Å².